The van der Waals surface area contributed by atoms with E-state index in [0.29, 0.717) is 6.42 Å². The monoisotopic (exact) mass is 401 g/mol. The molecule has 3 aromatic heterocycles. The third-order valence-corrected chi connectivity index (χ3v) is 4.45. The van der Waals surface area contributed by atoms with Gasteiger partial charge in [0.2, 0.25) is 5.95 Å². The number of aromatic amines is 1. The van der Waals surface area contributed by atoms with Crippen LogP contribution in [0, 0.1) is 5.82 Å². The second-order valence-corrected chi connectivity index (χ2v) is 6.46. The predicted molar refractivity (Wildman–Crippen MR) is 99.7 cm³/mol. The van der Waals surface area contributed by atoms with Gasteiger partial charge in [-0.05, 0) is 47.0 Å². The van der Waals surface area contributed by atoms with Gasteiger partial charge in [0.1, 0.15) is 11.5 Å². The fourth-order valence-corrected chi connectivity index (χ4v) is 3.08. The molecule has 0 unspecified atom stereocenters. The highest BCUT2D eigenvalue weighted by Crippen LogP contribution is 2.32. The minimum atomic E-state index is -4.57. The molecule has 4 aromatic rings. The molecule has 0 aliphatic heterocycles. The van der Waals surface area contributed by atoms with Crippen LogP contribution < -0.4 is 5.32 Å². The minimum absolute atomic E-state index is 0.159. The lowest BCUT2D eigenvalue weighted by molar-refractivity contribution is -0.138. The lowest BCUT2D eigenvalue weighted by atomic mass is 10.1. The molecule has 29 heavy (non-hydrogen) atoms. The summed E-state index contributed by atoms with van der Waals surface area (Å²) in [4.78, 5) is 15.6. The van der Waals surface area contributed by atoms with Crippen LogP contribution in [0.1, 0.15) is 22.3 Å². The summed E-state index contributed by atoms with van der Waals surface area (Å²) < 4.78 is 52.6. The Morgan fingerprint density at radius 1 is 1.00 bits per heavy atom. The summed E-state index contributed by atoms with van der Waals surface area (Å²) in [6.45, 7) is -0.250. The van der Waals surface area contributed by atoms with E-state index in [-0.39, 0.29) is 18.1 Å². The van der Waals surface area contributed by atoms with Gasteiger partial charge in [0.05, 0.1) is 5.56 Å². The van der Waals surface area contributed by atoms with Crippen LogP contribution in [0.25, 0.3) is 11.0 Å². The number of nitrogens with zero attached hydrogens (tertiary/aromatic N) is 3. The topological polar surface area (TPSA) is 66.5 Å². The molecule has 148 valence electrons. The van der Waals surface area contributed by atoms with Gasteiger partial charge in [-0.25, -0.2) is 19.3 Å². The van der Waals surface area contributed by atoms with Crippen LogP contribution in [-0.4, -0.2) is 19.9 Å². The fourth-order valence-electron chi connectivity index (χ4n) is 3.08. The molecule has 2 N–H and O–H groups in total. The van der Waals surface area contributed by atoms with E-state index in [1.54, 1.807) is 18.6 Å². The number of pyridine rings is 1. The zero-order valence-electron chi connectivity index (χ0n) is 15.0. The van der Waals surface area contributed by atoms with Crippen molar-refractivity contribution in [2.24, 2.45) is 0 Å². The lowest BCUT2D eigenvalue weighted by Gasteiger charge is -2.13. The highest BCUT2D eigenvalue weighted by atomic mass is 19.4. The molecule has 0 bridgehead atoms. The number of aromatic nitrogens is 4. The smallest absolute Gasteiger partial charge is 0.350 e. The van der Waals surface area contributed by atoms with Crippen LogP contribution in [0.2, 0.25) is 0 Å². The van der Waals surface area contributed by atoms with E-state index in [9.17, 15) is 17.6 Å². The maximum atomic E-state index is 13.4. The number of halogens is 4. The van der Waals surface area contributed by atoms with Crippen molar-refractivity contribution in [3.05, 3.63) is 83.2 Å². The van der Waals surface area contributed by atoms with E-state index in [2.05, 4.69) is 25.3 Å². The first-order chi connectivity index (χ1) is 13.9. The summed E-state index contributed by atoms with van der Waals surface area (Å²) in [7, 11) is 0. The van der Waals surface area contributed by atoms with Crippen molar-refractivity contribution in [3.8, 4) is 0 Å². The van der Waals surface area contributed by atoms with Gasteiger partial charge in [0.25, 0.3) is 0 Å². The highest BCUT2D eigenvalue weighted by Gasteiger charge is 2.33. The lowest BCUT2D eigenvalue weighted by Crippen LogP contribution is -2.13. The average Bonchev–Trinajstić information content (AvgIpc) is 3.09. The van der Waals surface area contributed by atoms with E-state index in [4.69, 9.17) is 0 Å². The van der Waals surface area contributed by atoms with E-state index in [0.717, 1.165) is 40.4 Å². The van der Waals surface area contributed by atoms with Gasteiger partial charge in [-0.15, -0.1) is 0 Å². The van der Waals surface area contributed by atoms with Crippen molar-refractivity contribution >= 4 is 17.0 Å². The molecule has 0 amide bonds. The zero-order valence-corrected chi connectivity index (χ0v) is 15.0. The highest BCUT2D eigenvalue weighted by molar-refractivity contribution is 5.79. The van der Waals surface area contributed by atoms with Gasteiger partial charge in [0, 0.05) is 43.1 Å². The molecular weight excluding hydrogens is 386 g/mol. The van der Waals surface area contributed by atoms with Gasteiger partial charge in [-0.1, -0.05) is 0 Å². The Labute approximate surface area is 162 Å². The Kier molecular flexibility index (Phi) is 4.87. The molecule has 1 aromatic carbocycles. The Balaban J connectivity index is 1.46. The molecule has 0 atom stereocenters. The Morgan fingerprint density at radius 2 is 1.79 bits per heavy atom. The molecule has 5 nitrogen and oxygen atoms in total. The van der Waals surface area contributed by atoms with Gasteiger partial charge in [0.15, 0.2) is 0 Å². The minimum Gasteiger partial charge on any atom is -0.350 e. The molecule has 0 spiro atoms. The van der Waals surface area contributed by atoms with Crippen molar-refractivity contribution in [1.29, 1.82) is 0 Å². The maximum Gasteiger partial charge on any atom is 0.416 e. The van der Waals surface area contributed by atoms with Crippen LogP contribution in [0.4, 0.5) is 23.5 Å². The maximum absolute atomic E-state index is 13.4. The number of nitrogens with one attached hydrogen (secondary N) is 2. The van der Waals surface area contributed by atoms with Gasteiger partial charge >= 0.3 is 6.18 Å². The van der Waals surface area contributed by atoms with Crippen molar-refractivity contribution in [2.75, 3.05) is 5.32 Å². The molecule has 3 heterocycles. The van der Waals surface area contributed by atoms with Gasteiger partial charge in [-0.2, -0.15) is 13.2 Å². The molecule has 0 aliphatic rings. The van der Waals surface area contributed by atoms with Crippen molar-refractivity contribution < 1.29 is 17.6 Å². The van der Waals surface area contributed by atoms with Gasteiger partial charge < -0.3 is 10.3 Å². The molecule has 0 radical (unpaired) electrons. The molecule has 0 aliphatic carbocycles. The van der Waals surface area contributed by atoms with Gasteiger partial charge in [-0.3, -0.25) is 0 Å². The van der Waals surface area contributed by atoms with E-state index in [1.165, 1.54) is 0 Å². The first-order valence-corrected chi connectivity index (χ1v) is 8.71. The average molecular weight is 401 g/mol. The SMILES string of the molecule is Fc1ccc(C(F)(F)F)c(CNc2ncc(Cc3c[nH]c4ncccc34)cn2)c1. The summed E-state index contributed by atoms with van der Waals surface area (Å²) in [6, 6.07) is 6.19. The van der Waals surface area contributed by atoms with Crippen LogP contribution in [0.3, 0.4) is 0 Å². The Morgan fingerprint density at radius 3 is 2.55 bits per heavy atom. The molecule has 9 heteroatoms. The fraction of sp³-hybridized carbons (Fsp3) is 0.150. The third kappa shape index (κ3) is 4.18. The molecule has 4 rings (SSSR count). The number of alkyl halides is 3. The van der Waals surface area contributed by atoms with Crippen LogP contribution in [0.5, 0.6) is 0 Å². The molecule has 0 fully saturated rings. The number of anilines is 1. The van der Waals surface area contributed by atoms with Crippen molar-refractivity contribution in [3.63, 3.8) is 0 Å². The summed E-state index contributed by atoms with van der Waals surface area (Å²) in [6.07, 6.45) is 2.78. The Bertz CT molecular complexity index is 1140. The Hall–Kier alpha value is -3.49. The summed E-state index contributed by atoms with van der Waals surface area (Å²) in [5.41, 5.74) is 1.55. The normalized spacial score (nSPS) is 11.7. The summed E-state index contributed by atoms with van der Waals surface area (Å²) in [5, 5.41) is 3.71. The molecular formula is C20H15F4N5. The van der Waals surface area contributed by atoms with Crippen molar-refractivity contribution in [1.82, 2.24) is 19.9 Å². The standard InChI is InChI=1S/C20H15F4N5/c21-15-3-4-17(20(22,23)24)14(7-15)11-29-19-27-8-12(9-28-19)6-13-10-26-18-16(13)2-1-5-25-18/h1-5,7-10H,6,11H2,(H,25,26)(H,27,28,29). The largest absolute Gasteiger partial charge is 0.416 e. The predicted octanol–water partition coefficient (Wildman–Crippen LogP) is 4.71. The summed E-state index contributed by atoms with van der Waals surface area (Å²) in [5.74, 6) is -0.578. The van der Waals surface area contributed by atoms with E-state index in [1.807, 2.05) is 18.3 Å². The summed E-state index contributed by atoms with van der Waals surface area (Å²) >= 11 is 0. The number of hydrogen-bond donors (Lipinski definition) is 2. The first kappa shape index (κ1) is 18.9. The third-order valence-electron chi connectivity index (χ3n) is 4.45. The number of fused-ring (bicyclic) bond motifs is 1. The van der Waals surface area contributed by atoms with Crippen LogP contribution in [-0.2, 0) is 19.1 Å². The van der Waals surface area contributed by atoms with Crippen LogP contribution >= 0.6 is 0 Å². The molecule has 0 saturated heterocycles. The zero-order chi connectivity index (χ0) is 20.4. The second kappa shape index (κ2) is 7.50. The molecule has 0 saturated carbocycles. The number of rotatable bonds is 5. The quantitative estimate of drug-likeness (QED) is 0.475. The number of benzene rings is 1. The van der Waals surface area contributed by atoms with E-state index >= 15 is 0 Å². The number of H-pyrrole nitrogens is 1. The first-order valence-electron chi connectivity index (χ1n) is 8.71. The second-order valence-electron chi connectivity index (χ2n) is 6.46. The number of hydrogen-bond acceptors (Lipinski definition) is 4. The van der Waals surface area contributed by atoms with Crippen molar-refractivity contribution in [2.45, 2.75) is 19.1 Å². The van der Waals surface area contributed by atoms with E-state index < -0.39 is 17.6 Å². The van der Waals surface area contributed by atoms with Crippen LogP contribution in [0.15, 0.2) is 55.1 Å².